The summed E-state index contributed by atoms with van der Waals surface area (Å²) in [7, 11) is 1.37. The van der Waals surface area contributed by atoms with Crippen molar-refractivity contribution in [2.45, 2.75) is 25.4 Å². The average Bonchev–Trinajstić information content (AvgIpc) is 3.61. The standard InChI is InChI=1S/C22H25ClFN3O5/c1-31-18-7-4-13(8-15(18)24)9-26-22(30)19-14(23)5-6-17(27-21(29)16(25)10-28)20(19)32-11-12-2-3-12/h4-8,12,16,28H,2-3,9-11,25H2,1H3,(H,26,30)(H,27,29). The molecule has 0 aliphatic heterocycles. The molecule has 0 spiro atoms. The van der Waals surface area contributed by atoms with Crippen molar-refractivity contribution >= 4 is 29.1 Å². The molecular formula is C22H25ClFN3O5. The van der Waals surface area contributed by atoms with E-state index in [1.54, 1.807) is 6.07 Å². The molecule has 3 rings (SSSR count). The molecule has 0 radical (unpaired) electrons. The molecule has 0 heterocycles. The summed E-state index contributed by atoms with van der Waals surface area (Å²) in [5.74, 6) is -1.15. The predicted octanol–water partition coefficient (Wildman–Crippen LogP) is 2.46. The number of nitrogens with two attached hydrogens (primary N) is 1. The number of benzene rings is 2. The van der Waals surface area contributed by atoms with Crippen LogP contribution in [0.3, 0.4) is 0 Å². The molecule has 1 atom stereocenters. The Labute approximate surface area is 189 Å². The lowest BCUT2D eigenvalue weighted by atomic mass is 10.1. The van der Waals surface area contributed by atoms with E-state index in [4.69, 9.17) is 31.9 Å². The summed E-state index contributed by atoms with van der Waals surface area (Å²) in [6.45, 7) is -0.146. The fourth-order valence-corrected chi connectivity index (χ4v) is 3.14. The quantitative estimate of drug-likeness (QED) is 0.427. The number of ether oxygens (including phenoxy) is 2. The molecule has 32 heavy (non-hydrogen) atoms. The van der Waals surface area contributed by atoms with Gasteiger partial charge < -0.3 is 30.9 Å². The number of amides is 2. The van der Waals surface area contributed by atoms with E-state index in [0.717, 1.165) is 12.8 Å². The van der Waals surface area contributed by atoms with Gasteiger partial charge in [0.2, 0.25) is 5.91 Å². The number of anilines is 1. The van der Waals surface area contributed by atoms with Crippen molar-refractivity contribution < 1.29 is 28.6 Å². The number of hydrogen-bond donors (Lipinski definition) is 4. The molecule has 2 amide bonds. The minimum atomic E-state index is -1.13. The van der Waals surface area contributed by atoms with Crippen LogP contribution in [0.1, 0.15) is 28.8 Å². The van der Waals surface area contributed by atoms with Gasteiger partial charge in [-0.05, 0) is 48.6 Å². The Kier molecular flexibility index (Phi) is 7.89. The Balaban J connectivity index is 1.83. The smallest absolute Gasteiger partial charge is 0.256 e. The maximum absolute atomic E-state index is 13.9. The molecule has 8 nitrogen and oxygen atoms in total. The molecule has 172 valence electrons. The number of nitrogens with one attached hydrogen (secondary N) is 2. The Morgan fingerprint density at radius 2 is 2.06 bits per heavy atom. The first kappa shape index (κ1) is 23.8. The minimum absolute atomic E-state index is 0.0319. The highest BCUT2D eigenvalue weighted by Crippen LogP contribution is 2.37. The molecule has 0 bridgehead atoms. The summed E-state index contributed by atoms with van der Waals surface area (Å²) in [6.07, 6.45) is 2.03. The van der Waals surface area contributed by atoms with Crippen LogP contribution in [0, 0.1) is 11.7 Å². The Morgan fingerprint density at radius 3 is 2.69 bits per heavy atom. The van der Waals surface area contributed by atoms with E-state index in [1.165, 1.54) is 31.4 Å². The van der Waals surface area contributed by atoms with Crippen molar-refractivity contribution in [1.82, 2.24) is 5.32 Å². The van der Waals surface area contributed by atoms with E-state index in [2.05, 4.69) is 10.6 Å². The van der Waals surface area contributed by atoms with Gasteiger partial charge in [-0.2, -0.15) is 0 Å². The van der Waals surface area contributed by atoms with Gasteiger partial charge in [0, 0.05) is 6.54 Å². The topological polar surface area (TPSA) is 123 Å². The molecule has 1 aliphatic carbocycles. The maximum atomic E-state index is 13.9. The molecule has 1 fully saturated rings. The molecule has 1 aliphatic rings. The average molecular weight is 466 g/mol. The van der Waals surface area contributed by atoms with Crippen molar-refractivity contribution in [2.24, 2.45) is 11.7 Å². The SMILES string of the molecule is COc1ccc(CNC(=O)c2c(Cl)ccc(NC(=O)C(N)CO)c2OCC2CC2)cc1F. The van der Waals surface area contributed by atoms with Gasteiger partial charge in [0.15, 0.2) is 17.3 Å². The first-order chi connectivity index (χ1) is 15.3. The van der Waals surface area contributed by atoms with Crippen molar-refractivity contribution in [3.8, 4) is 11.5 Å². The summed E-state index contributed by atoms with van der Waals surface area (Å²) in [4.78, 5) is 25.2. The van der Waals surface area contributed by atoms with Crippen LogP contribution in [-0.2, 0) is 11.3 Å². The lowest BCUT2D eigenvalue weighted by Crippen LogP contribution is -2.38. The lowest BCUT2D eigenvalue weighted by Gasteiger charge is -2.18. The van der Waals surface area contributed by atoms with E-state index < -0.39 is 30.3 Å². The normalized spacial score (nSPS) is 13.9. The summed E-state index contributed by atoms with van der Waals surface area (Å²) in [5, 5.41) is 14.5. The van der Waals surface area contributed by atoms with Gasteiger partial charge in [-0.1, -0.05) is 17.7 Å². The molecular weight excluding hydrogens is 441 g/mol. The third-order valence-corrected chi connectivity index (χ3v) is 5.27. The zero-order valence-corrected chi connectivity index (χ0v) is 18.2. The van der Waals surface area contributed by atoms with Gasteiger partial charge in [-0.25, -0.2) is 4.39 Å². The summed E-state index contributed by atoms with van der Waals surface area (Å²) in [5.41, 5.74) is 6.34. The fourth-order valence-electron chi connectivity index (χ4n) is 2.90. The van der Waals surface area contributed by atoms with Crippen LogP contribution in [0.5, 0.6) is 11.5 Å². The van der Waals surface area contributed by atoms with Gasteiger partial charge in [0.25, 0.3) is 5.91 Å². The number of aliphatic hydroxyl groups excluding tert-OH is 1. The third-order valence-electron chi connectivity index (χ3n) is 4.95. The molecule has 1 unspecified atom stereocenters. The zero-order valence-electron chi connectivity index (χ0n) is 17.5. The van der Waals surface area contributed by atoms with E-state index >= 15 is 0 Å². The first-order valence-corrected chi connectivity index (χ1v) is 10.4. The van der Waals surface area contributed by atoms with Crippen LogP contribution in [0.15, 0.2) is 30.3 Å². The Bertz CT molecular complexity index is 1000. The highest BCUT2D eigenvalue weighted by Gasteiger charge is 2.27. The van der Waals surface area contributed by atoms with Crippen LogP contribution in [0.2, 0.25) is 5.02 Å². The number of methoxy groups -OCH3 is 1. The maximum Gasteiger partial charge on any atom is 0.256 e. The number of halogens is 2. The van der Waals surface area contributed by atoms with Crippen LogP contribution in [0.4, 0.5) is 10.1 Å². The lowest BCUT2D eigenvalue weighted by molar-refractivity contribution is -0.118. The van der Waals surface area contributed by atoms with E-state index in [9.17, 15) is 14.0 Å². The van der Waals surface area contributed by atoms with Gasteiger partial charge in [-0.15, -0.1) is 0 Å². The highest BCUT2D eigenvalue weighted by atomic mass is 35.5. The molecule has 0 saturated heterocycles. The Morgan fingerprint density at radius 1 is 1.31 bits per heavy atom. The van der Waals surface area contributed by atoms with Crippen molar-refractivity contribution in [2.75, 3.05) is 25.6 Å². The molecule has 0 aromatic heterocycles. The highest BCUT2D eigenvalue weighted by molar-refractivity contribution is 6.34. The van der Waals surface area contributed by atoms with Gasteiger partial charge in [-0.3, -0.25) is 9.59 Å². The monoisotopic (exact) mass is 465 g/mol. The molecule has 2 aromatic rings. The summed E-state index contributed by atoms with van der Waals surface area (Å²) in [6, 6.07) is 6.17. The van der Waals surface area contributed by atoms with E-state index in [-0.39, 0.29) is 34.3 Å². The Hall–Kier alpha value is -2.88. The van der Waals surface area contributed by atoms with E-state index in [1.807, 2.05) is 0 Å². The number of carbonyl (C=O) groups is 2. The fraction of sp³-hybridized carbons (Fsp3) is 0.364. The van der Waals surface area contributed by atoms with Crippen molar-refractivity contribution in [3.63, 3.8) is 0 Å². The minimum Gasteiger partial charge on any atom is -0.494 e. The largest absolute Gasteiger partial charge is 0.494 e. The summed E-state index contributed by atoms with van der Waals surface area (Å²) < 4.78 is 24.7. The van der Waals surface area contributed by atoms with Crippen molar-refractivity contribution in [3.05, 3.63) is 52.3 Å². The predicted molar refractivity (Wildman–Crippen MR) is 117 cm³/mol. The second-order valence-corrected chi connectivity index (χ2v) is 7.89. The number of hydrogen-bond acceptors (Lipinski definition) is 6. The number of carbonyl (C=O) groups excluding carboxylic acids is 2. The second kappa shape index (κ2) is 10.6. The number of aliphatic hydroxyl groups is 1. The van der Waals surface area contributed by atoms with Gasteiger partial charge >= 0.3 is 0 Å². The molecule has 5 N–H and O–H groups in total. The third kappa shape index (κ3) is 5.87. The van der Waals surface area contributed by atoms with Crippen LogP contribution < -0.4 is 25.8 Å². The zero-order chi connectivity index (χ0) is 23.3. The van der Waals surface area contributed by atoms with Crippen LogP contribution in [-0.4, -0.2) is 43.3 Å². The van der Waals surface area contributed by atoms with Gasteiger partial charge in [0.05, 0.1) is 31.0 Å². The second-order valence-electron chi connectivity index (χ2n) is 7.48. The van der Waals surface area contributed by atoms with Gasteiger partial charge in [0.1, 0.15) is 11.6 Å². The number of rotatable bonds is 10. The van der Waals surface area contributed by atoms with Crippen molar-refractivity contribution in [1.29, 1.82) is 0 Å². The van der Waals surface area contributed by atoms with Crippen LogP contribution >= 0.6 is 11.6 Å². The first-order valence-electron chi connectivity index (χ1n) is 10.1. The molecule has 2 aromatic carbocycles. The molecule has 10 heteroatoms. The molecule has 1 saturated carbocycles. The summed E-state index contributed by atoms with van der Waals surface area (Å²) >= 11 is 6.31. The van der Waals surface area contributed by atoms with E-state index in [0.29, 0.717) is 18.1 Å². The van der Waals surface area contributed by atoms with Crippen LogP contribution in [0.25, 0.3) is 0 Å².